The second kappa shape index (κ2) is 7.10. The van der Waals surface area contributed by atoms with Crippen LogP contribution in [-0.2, 0) is 0 Å². The molecule has 1 amide bonds. The highest BCUT2D eigenvalue weighted by atomic mass is 35.5. The molecule has 2 N–H and O–H groups in total. The molecule has 0 saturated heterocycles. The van der Waals surface area contributed by atoms with Crippen LogP contribution in [0.4, 0.5) is 21.5 Å². The number of halogens is 2. The highest BCUT2D eigenvalue weighted by Gasteiger charge is 2.10. The Labute approximate surface area is 143 Å². The number of pyridine rings is 1. The van der Waals surface area contributed by atoms with Crippen LogP contribution in [0.25, 0.3) is 0 Å². The number of hydrogen-bond donors (Lipinski definition) is 2. The van der Waals surface area contributed by atoms with E-state index >= 15 is 0 Å². The van der Waals surface area contributed by atoms with Crippen molar-refractivity contribution in [2.24, 2.45) is 0 Å². The molecule has 2 aromatic carbocycles. The Morgan fingerprint density at radius 1 is 1.00 bits per heavy atom. The Kier molecular flexibility index (Phi) is 4.72. The van der Waals surface area contributed by atoms with E-state index in [0.717, 1.165) is 0 Å². The average molecular weight is 342 g/mol. The van der Waals surface area contributed by atoms with Crippen LogP contribution in [0.2, 0.25) is 5.02 Å². The minimum absolute atomic E-state index is 0.308. The van der Waals surface area contributed by atoms with Crippen molar-refractivity contribution < 1.29 is 9.18 Å². The molecule has 0 unspecified atom stereocenters. The van der Waals surface area contributed by atoms with E-state index in [1.54, 1.807) is 48.5 Å². The minimum atomic E-state index is -0.386. The number of carbonyl (C=O) groups excluding carboxylic acids is 1. The minimum Gasteiger partial charge on any atom is -0.352 e. The molecule has 4 nitrogen and oxygen atoms in total. The van der Waals surface area contributed by atoms with E-state index in [2.05, 4.69) is 15.6 Å². The van der Waals surface area contributed by atoms with Crippen molar-refractivity contribution in [3.05, 3.63) is 83.4 Å². The molecule has 1 aromatic heterocycles. The molecule has 0 spiro atoms. The first-order valence-electron chi connectivity index (χ1n) is 7.16. The van der Waals surface area contributed by atoms with Crippen LogP contribution in [0, 0.1) is 5.82 Å². The van der Waals surface area contributed by atoms with Crippen molar-refractivity contribution >= 4 is 34.6 Å². The summed E-state index contributed by atoms with van der Waals surface area (Å²) in [6, 6.07) is 14.8. The van der Waals surface area contributed by atoms with Gasteiger partial charge in [0.15, 0.2) is 0 Å². The number of benzene rings is 2. The van der Waals surface area contributed by atoms with Crippen molar-refractivity contribution in [1.82, 2.24) is 4.98 Å². The fourth-order valence-electron chi connectivity index (χ4n) is 2.11. The zero-order valence-corrected chi connectivity index (χ0v) is 13.2. The standard InChI is InChI=1S/C18H13ClFN3O/c19-14-5-1-3-7-16(14)23-18(24)12-9-13(11-21-10-12)22-17-8-4-2-6-15(17)20/h1-11,22H,(H,23,24). The van der Waals surface area contributed by atoms with Gasteiger partial charge in [0.05, 0.1) is 33.8 Å². The molecule has 0 saturated carbocycles. The number of nitrogens with zero attached hydrogens (tertiary/aromatic N) is 1. The smallest absolute Gasteiger partial charge is 0.257 e. The number of anilines is 3. The van der Waals surface area contributed by atoms with Crippen LogP contribution in [-0.4, -0.2) is 10.9 Å². The van der Waals surface area contributed by atoms with Crippen molar-refractivity contribution in [2.45, 2.75) is 0 Å². The molecule has 0 fully saturated rings. The van der Waals surface area contributed by atoms with Crippen LogP contribution in [0.15, 0.2) is 67.0 Å². The topological polar surface area (TPSA) is 54.0 Å². The Morgan fingerprint density at radius 3 is 2.46 bits per heavy atom. The zero-order valence-electron chi connectivity index (χ0n) is 12.5. The predicted octanol–water partition coefficient (Wildman–Crippen LogP) is 4.87. The second-order valence-corrected chi connectivity index (χ2v) is 5.41. The Hall–Kier alpha value is -2.92. The first-order valence-corrected chi connectivity index (χ1v) is 7.54. The van der Waals surface area contributed by atoms with Crippen LogP contribution in [0.3, 0.4) is 0 Å². The molecule has 0 aliphatic rings. The summed E-state index contributed by atoms with van der Waals surface area (Å²) in [6.07, 6.45) is 2.94. The number of nitrogens with one attached hydrogen (secondary N) is 2. The first-order chi connectivity index (χ1) is 11.6. The van der Waals surface area contributed by atoms with Gasteiger partial charge in [-0.1, -0.05) is 35.9 Å². The number of para-hydroxylation sites is 2. The van der Waals surface area contributed by atoms with Gasteiger partial charge in [0.2, 0.25) is 0 Å². The lowest BCUT2D eigenvalue weighted by Gasteiger charge is -2.10. The van der Waals surface area contributed by atoms with E-state index < -0.39 is 0 Å². The lowest BCUT2D eigenvalue weighted by atomic mass is 10.2. The molecule has 0 aliphatic heterocycles. The van der Waals surface area contributed by atoms with Gasteiger partial charge in [-0.15, -0.1) is 0 Å². The lowest BCUT2D eigenvalue weighted by molar-refractivity contribution is 0.102. The number of carbonyl (C=O) groups is 1. The molecule has 6 heteroatoms. The third-order valence-electron chi connectivity index (χ3n) is 3.28. The van der Waals surface area contributed by atoms with E-state index in [4.69, 9.17) is 11.6 Å². The van der Waals surface area contributed by atoms with Gasteiger partial charge >= 0.3 is 0 Å². The summed E-state index contributed by atoms with van der Waals surface area (Å²) < 4.78 is 13.7. The maximum atomic E-state index is 13.7. The summed E-state index contributed by atoms with van der Waals surface area (Å²) in [5.41, 5.74) is 1.66. The molecule has 24 heavy (non-hydrogen) atoms. The number of amides is 1. The summed E-state index contributed by atoms with van der Waals surface area (Å²) in [4.78, 5) is 16.3. The Morgan fingerprint density at radius 2 is 1.71 bits per heavy atom. The third-order valence-corrected chi connectivity index (χ3v) is 3.60. The quantitative estimate of drug-likeness (QED) is 0.711. The molecule has 3 rings (SSSR count). The second-order valence-electron chi connectivity index (χ2n) is 5.00. The molecule has 0 aliphatic carbocycles. The highest BCUT2D eigenvalue weighted by molar-refractivity contribution is 6.33. The van der Waals surface area contributed by atoms with Gasteiger partial charge in [0, 0.05) is 6.20 Å². The van der Waals surface area contributed by atoms with Crippen molar-refractivity contribution in [1.29, 1.82) is 0 Å². The average Bonchev–Trinajstić information content (AvgIpc) is 2.59. The first kappa shape index (κ1) is 16.0. The number of aromatic nitrogens is 1. The molecule has 3 aromatic rings. The normalized spacial score (nSPS) is 10.2. The maximum Gasteiger partial charge on any atom is 0.257 e. The maximum absolute atomic E-state index is 13.7. The van der Waals surface area contributed by atoms with Crippen molar-refractivity contribution in [2.75, 3.05) is 10.6 Å². The van der Waals surface area contributed by atoms with Gasteiger partial charge in [-0.25, -0.2) is 4.39 Å². The van der Waals surface area contributed by atoms with Crippen molar-refractivity contribution in [3.63, 3.8) is 0 Å². The van der Waals surface area contributed by atoms with E-state index in [9.17, 15) is 9.18 Å². The van der Waals surface area contributed by atoms with Gasteiger partial charge in [-0.2, -0.15) is 0 Å². The van der Waals surface area contributed by atoms with E-state index in [1.165, 1.54) is 18.5 Å². The molecule has 1 heterocycles. The van der Waals surface area contributed by atoms with Gasteiger partial charge in [-0.05, 0) is 30.3 Å². The van der Waals surface area contributed by atoms with E-state index in [-0.39, 0.29) is 11.7 Å². The predicted molar refractivity (Wildman–Crippen MR) is 93.3 cm³/mol. The van der Waals surface area contributed by atoms with E-state index in [0.29, 0.717) is 27.6 Å². The summed E-state index contributed by atoms with van der Waals surface area (Å²) in [6.45, 7) is 0. The monoisotopic (exact) mass is 341 g/mol. The SMILES string of the molecule is O=C(Nc1ccccc1Cl)c1cncc(Nc2ccccc2F)c1. The summed E-state index contributed by atoms with van der Waals surface area (Å²) in [7, 11) is 0. The van der Waals surface area contributed by atoms with Crippen LogP contribution < -0.4 is 10.6 Å². The summed E-state index contributed by atoms with van der Waals surface area (Å²) in [5, 5.41) is 6.06. The van der Waals surface area contributed by atoms with Gasteiger partial charge in [0.1, 0.15) is 5.82 Å². The van der Waals surface area contributed by atoms with Crippen LogP contribution in [0.5, 0.6) is 0 Å². The van der Waals surface area contributed by atoms with E-state index in [1.807, 2.05) is 0 Å². The molecule has 0 atom stereocenters. The summed E-state index contributed by atoms with van der Waals surface area (Å²) >= 11 is 6.03. The molecule has 0 radical (unpaired) electrons. The van der Waals surface area contributed by atoms with Gasteiger partial charge < -0.3 is 10.6 Å². The zero-order chi connectivity index (χ0) is 16.9. The van der Waals surface area contributed by atoms with Crippen LogP contribution in [0.1, 0.15) is 10.4 Å². The fourth-order valence-corrected chi connectivity index (χ4v) is 2.29. The Balaban J connectivity index is 1.79. The molecular formula is C18H13ClFN3O. The molecular weight excluding hydrogens is 329 g/mol. The van der Waals surface area contributed by atoms with Gasteiger partial charge in [-0.3, -0.25) is 9.78 Å². The van der Waals surface area contributed by atoms with Gasteiger partial charge in [0.25, 0.3) is 5.91 Å². The third kappa shape index (κ3) is 3.70. The molecule has 120 valence electrons. The highest BCUT2D eigenvalue weighted by Crippen LogP contribution is 2.22. The molecule has 0 bridgehead atoms. The lowest BCUT2D eigenvalue weighted by Crippen LogP contribution is -2.12. The van der Waals surface area contributed by atoms with Crippen molar-refractivity contribution in [3.8, 4) is 0 Å². The Bertz CT molecular complexity index is 885. The largest absolute Gasteiger partial charge is 0.352 e. The summed E-state index contributed by atoms with van der Waals surface area (Å²) in [5.74, 6) is -0.740. The van der Waals surface area contributed by atoms with Crippen LogP contribution >= 0.6 is 11.6 Å². The number of rotatable bonds is 4. The fraction of sp³-hybridized carbons (Fsp3) is 0. The number of hydrogen-bond acceptors (Lipinski definition) is 3.